The Morgan fingerprint density at radius 2 is 1.73 bits per heavy atom. The van der Waals surface area contributed by atoms with E-state index in [1.807, 2.05) is 6.92 Å². The average molecular weight is 428 g/mol. The van der Waals surface area contributed by atoms with Crippen molar-refractivity contribution in [2.75, 3.05) is 31.1 Å². The molecule has 1 saturated heterocycles. The van der Waals surface area contributed by atoms with Crippen LogP contribution in [0.5, 0.6) is 0 Å². The average Bonchev–Trinajstić information content (AvgIpc) is 3.11. The molecule has 7 nitrogen and oxygen atoms in total. The summed E-state index contributed by atoms with van der Waals surface area (Å²) in [7, 11) is 0. The smallest absolute Gasteiger partial charge is 0.274 e. The third-order valence-corrected chi connectivity index (χ3v) is 8.99. The molecule has 0 unspecified atom stereocenters. The van der Waals surface area contributed by atoms with Gasteiger partial charge in [0.2, 0.25) is 16.0 Å². The molecule has 0 atom stereocenters. The summed E-state index contributed by atoms with van der Waals surface area (Å²) < 4.78 is 1.74. The molecule has 0 N–H and O–H groups in total. The van der Waals surface area contributed by atoms with E-state index in [9.17, 15) is 9.59 Å². The molecule has 160 valence electrons. The first-order chi connectivity index (χ1) is 14.5. The van der Waals surface area contributed by atoms with E-state index >= 15 is 0 Å². The molecular weight excluding hydrogens is 398 g/mol. The lowest BCUT2D eigenvalue weighted by atomic mass is 9.49. The van der Waals surface area contributed by atoms with Gasteiger partial charge < -0.3 is 9.80 Å². The van der Waals surface area contributed by atoms with Crippen LogP contribution in [-0.4, -0.2) is 51.6 Å². The van der Waals surface area contributed by atoms with Crippen LogP contribution in [-0.2, 0) is 4.79 Å². The van der Waals surface area contributed by atoms with E-state index in [-0.39, 0.29) is 5.56 Å². The molecule has 0 aromatic carbocycles. The second-order valence-electron chi connectivity index (χ2n) is 10.3. The summed E-state index contributed by atoms with van der Waals surface area (Å²) in [5.41, 5.74) is 0.894. The van der Waals surface area contributed by atoms with Gasteiger partial charge in [-0.1, -0.05) is 11.3 Å². The maximum Gasteiger partial charge on any atom is 0.274 e. The van der Waals surface area contributed by atoms with Crippen LogP contribution in [0.4, 0.5) is 5.13 Å². The maximum atomic E-state index is 13.2. The normalized spacial score (nSPS) is 32.9. The molecule has 1 amide bonds. The van der Waals surface area contributed by atoms with Crippen LogP contribution in [0.3, 0.4) is 0 Å². The highest BCUT2D eigenvalue weighted by molar-refractivity contribution is 7.20. The molecule has 7 rings (SSSR count). The Morgan fingerprint density at radius 1 is 1.10 bits per heavy atom. The van der Waals surface area contributed by atoms with E-state index in [2.05, 4.69) is 19.9 Å². The molecule has 4 bridgehead atoms. The minimum Gasteiger partial charge on any atom is -0.343 e. The maximum absolute atomic E-state index is 13.2. The third-order valence-electron chi connectivity index (χ3n) is 8.02. The van der Waals surface area contributed by atoms with Gasteiger partial charge in [-0.05, 0) is 68.6 Å². The Labute approximate surface area is 180 Å². The standard InChI is InChI=1S/C22H29N5O2S/c1-14-6-18(28)23-20-27(14)24-21(30-20)26-4-2-25(3-5-26)19(29)13-22-10-15-7-16(11-22)9-17(8-15)12-22/h6,15-17H,2-5,7-13H2,1H3. The van der Waals surface area contributed by atoms with E-state index < -0.39 is 0 Å². The molecule has 1 aliphatic heterocycles. The van der Waals surface area contributed by atoms with Gasteiger partial charge in [0.25, 0.3) is 5.56 Å². The molecule has 0 radical (unpaired) electrons. The van der Waals surface area contributed by atoms with Crippen LogP contribution in [0.25, 0.3) is 4.96 Å². The molecule has 4 aliphatic carbocycles. The number of piperazine rings is 1. The molecule has 3 heterocycles. The van der Waals surface area contributed by atoms with Crippen LogP contribution in [0, 0.1) is 30.1 Å². The fourth-order valence-corrected chi connectivity index (χ4v) is 8.16. The van der Waals surface area contributed by atoms with E-state index in [1.54, 1.807) is 4.52 Å². The SMILES string of the molecule is Cc1cc(=O)nc2sc(N3CCN(C(=O)CC45CC6CC(CC(C6)C4)C5)CC3)nn12. The zero-order valence-electron chi connectivity index (χ0n) is 17.5. The van der Waals surface area contributed by atoms with Crippen LogP contribution >= 0.6 is 11.3 Å². The molecular formula is C22H29N5O2S. The number of hydrogen-bond acceptors (Lipinski definition) is 6. The van der Waals surface area contributed by atoms with Gasteiger partial charge in [0.15, 0.2) is 0 Å². The molecule has 4 saturated carbocycles. The highest BCUT2D eigenvalue weighted by Gasteiger charge is 2.51. The van der Waals surface area contributed by atoms with Gasteiger partial charge in [-0.2, -0.15) is 4.98 Å². The molecule has 2 aromatic rings. The fraction of sp³-hybridized carbons (Fsp3) is 0.727. The number of carbonyl (C=O) groups excluding carboxylic acids is 1. The zero-order valence-corrected chi connectivity index (χ0v) is 18.4. The molecule has 30 heavy (non-hydrogen) atoms. The number of anilines is 1. The molecule has 2 aromatic heterocycles. The van der Waals surface area contributed by atoms with Crippen molar-refractivity contribution in [3.05, 3.63) is 22.1 Å². The van der Waals surface area contributed by atoms with Crippen molar-refractivity contribution in [2.24, 2.45) is 23.2 Å². The van der Waals surface area contributed by atoms with Crippen molar-refractivity contribution in [1.82, 2.24) is 19.5 Å². The second-order valence-corrected chi connectivity index (χ2v) is 11.2. The predicted molar refractivity (Wildman–Crippen MR) is 116 cm³/mol. The Bertz CT molecular complexity index is 1020. The summed E-state index contributed by atoms with van der Waals surface area (Å²) in [6, 6.07) is 1.51. The van der Waals surface area contributed by atoms with E-state index in [1.165, 1.54) is 55.9 Å². The lowest BCUT2D eigenvalue weighted by Gasteiger charge is -2.57. The molecule has 5 fully saturated rings. The third kappa shape index (κ3) is 3.15. The van der Waals surface area contributed by atoms with E-state index in [0.717, 1.165) is 61.2 Å². The van der Waals surface area contributed by atoms with Gasteiger partial charge in [0.05, 0.1) is 0 Å². The van der Waals surface area contributed by atoms with Crippen molar-refractivity contribution in [1.29, 1.82) is 0 Å². The van der Waals surface area contributed by atoms with E-state index in [0.29, 0.717) is 16.3 Å². The lowest BCUT2D eigenvalue weighted by Crippen LogP contribution is -2.52. The highest BCUT2D eigenvalue weighted by Crippen LogP contribution is 2.61. The second kappa shape index (κ2) is 6.77. The number of hydrogen-bond donors (Lipinski definition) is 0. The summed E-state index contributed by atoms with van der Waals surface area (Å²) in [6.07, 6.45) is 8.92. The summed E-state index contributed by atoms with van der Waals surface area (Å²) in [6.45, 7) is 4.96. The molecule has 8 heteroatoms. The van der Waals surface area contributed by atoms with Gasteiger partial charge in [0, 0.05) is 44.4 Å². The van der Waals surface area contributed by atoms with Crippen LogP contribution in [0.1, 0.15) is 50.6 Å². The zero-order chi connectivity index (χ0) is 20.5. The van der Waals surface area contributed by atoms with E-state index in [4.69, 9.17) is 0 Å². The molecule has 5 aliphatic rings. The van der Waals surface area contributed by atoms with Crippen LogP contribution in [0.15, 0.2) is 10.9 Å². The van der Waals surface area contributed by atoms with Gasteiger partial charge in [-0.15, -0.1) is 5.10 Å². The largest absolute Gasteiger partial charge is 0.343 e. The van der Waals surface area contributed by atoms with Gasteiger partial charge in [0.1, 0.15) is 0 Å². The van der Waals surface area contributed by atoms with Crippen molar-refractivity contribution in [3.8, 4) is 0 Å². The predicted octanol–water partition coefficient (Wildman–Crippen LogP) is 2.71. The van der Waals surface area contributed by atoms with Gasteiger partial charge in [-0.3, -0.25) is 9.59 Å². The quantitative estimate of drug-likeness (QED) is 0.753. The van der Waals surface area contributed by atoms with Crippen LogP contribution < -0.4 is 10.5 Å². The Balaban J connectivity index is 1.11. The Morgan fingerprint density at radius 3 is 2.37 bits per heavy atom. The summed E-state index contributed by atoms with van der Waals surface area (Å²) >= 11 is 1.45. The molecule has 0 spiro atoms. The van der Waals surface area contributed by atoms with Crippen molar-refractivity contribution in [2.45, 2.75) is 51.9 Å². The summed E-state index contributed by atoms with van der Waals surface area (Å²) in [4.78, 5) is 33.9. The van der Waals surface area contributed by atoms with Gasteiger partial charge >= 0.3 is 0 Å². The first-order valence-corrected chi connectivity index (χ1v) is 12.2. The fourth-order valence-electron chi connectivity index (χ4n) is 7.15. The van der Waals surface area contributed by atoms with Crippen molar-refractivity contribution in [3.63, 3.8) is 0 Å². The summed E-state index contributed by atoms with van der Waals surface area (Å²) in [5.74, 6) is 3.04. The number of amides is 1. The summed E-state index contributed by atoms with van der Waals surface area (Å²) in [5, 5.41) is 5.53. The number of rotatable bonds is 3. The Kier molecular flexibility index (Phi) is 4.24. The number of nitrogens with zero attached hydrogens (tertiary/aromatic N) is 5. The number of carbonyl (C=O) groups is 1. The van der Waals surface area contributed by atoms with Crippen molar-refractivity contribution < 1.29 is 4.79 Å². The minimum absolute atomic E-state index is 0.220. The minimum atomic E-state index is -0.220. The highest BCUT2D eigenvalue weighted by atomic mass is 32.1. The monoisotopic (exact) mass is 427 g/mol. The first-order valence-electron chi connectivity index (χ1n) is 11.4. The number of aryl methyl sites for hydroxylation is 1. The van der Waals surface area contributed by atoms with Gasteiger partial charge in [-0.25, -0.2) is 4.52 Å². The lowest BCUT2D eigenvalue weighted by molar-refractivity contribution is -0.139. The Hall–Kier alpha value is -1.96. The van der Waals surface area contributed by atoms with Crippen molar-refractivity contribution >= 4 is 27.3 Å². The van der Waals surface area contributed by atoms with Crippen LogP contribution in [0.2, 0.25) is 0 Å². The topological polar surface area (TPSA) is 70.8 Å². The number of aromatic nitrogens is 3. The first kappa shape index (κ1) is 18.8. The number of fused-ring (bicyclic) bond motifs is 1.